The maximum Gasteiger partial charge on any atom is 0.193 e. The van der Waals surface area contributed by atoms with Gasteiger partial charge >= 0.3 is 0 Å². The Bertz CT molecular complexity index is 801. The maximum absolute atomic E-state index is 14.2. The van der Waals surface area contributed by atoms with Gasteiger partial charge in [0.15, 0.2) is 5.96 Å². The number of hydrogen-bond acceptors (Lipinski definition) is 3. The summed E-state index contributed by atoms with van der Waals surface area (Å²) in [5.41, 5.74) is 1.39. The van der Waals surface area contributed by atoms with Crippen LogP contribution < -0.4 is 5.32 Å². The van der Waals surface area contributed by atoms with Crippen LogP contribution >= 0.6 is 0 Å². The molecule has 1 fully saturated rings. The molecule has 1 aliphatic heterocycles. The molecule has 1 saturated heterocycles. The third kappa shape index (κ3) is 4.47. The van der Waals surface area contributed by atoms with Crippen molar-refractivity contribution in [3.05, 3.63) is 53.6 Å². The van der Waals surface area contributed by atoms with Crippen molar-refractivity contribution in [1.29, 1.82) is 0 Å². The van der Waals surface area contributed by atoms with Gasteiger partial charge in [0.25, 0.3) is 0 Å². The molecule has 1 atom stereocenters. The first-order valence-corrected chi connectivity index (χ1v) is 9.21. The number of nitrogens with one attached hydrogen (secondary N) is 1. The van der Waals surface area contributed by atoms with E-state index >= 15 is 0 Å². The standard InChI is InChI=1S/C20H28FN5O/c1-20(2,16-7-5-6-8-17(16)21)14-23-19(22-3)26-9-10-27-18(13-26)15-11-24-25(4)12-15/h5-8,11-12,18H,9-10,13-14H2,1-4H3,(H,22,23). The summed E-state index contributed by atoms with van der Waals surface area (Å²) in [6.45, 7) is 6.72. The van der Waals surface area contributed by atoms with Crippen molar-refractivity contribution in [2.45, 2.75) is 25.4 Å². The van der Waals surface area contributed by atoms with Crippen LogP contribution in [0.15, 0.2) is 41.7 Å². The normalized spacial score (nSPS) is 18.6. The van der Waals surface area contributed by atoms with Gasteiger partial charge in [-0.05, 0) is 11.6 Å². The van der Waals surface area contributed by atoms with Gasteiger partial charge in [-0.3, -0.25) is 9.67 Å². The second-order valence-electron chi connectivity index (χ2n) is 7.52. The first kappa shape index (κ1) is 19.4. The van der Waals surface area contributed by atoms with Gasteiger partial charge in [0.05, 0.1) is 19.3 Å². The maximum atomic E-state index is 14.2. The van der Waals surface area contributed by atoms with Crippen molar-refractivity contribution in [1.82, 2.24) is 20.0 Å². The van der Waals surface area contributed by atoms with Crippen LogP contribution in [0.3, 0.4) is 0 Å². The zero-order chi connectivity index (χ0) is 19.4. The zero-order valence-electron chi connectivity index (χ0n) is 16.4. The molecule has 2 aromatic rings. The van der Waals surface area contributed by atoms with E-state index in [9.17, 15) is 4.39 Å². The average molecular weight is 373 g/mol. The lowest BCUT2D eigenvalue weighted by atomic mass is 9.84. The molecule has 1 N–H and O–H groups in total. The predicted molar refractivity (Wildman–Crippen MR) is 104 cm³/mol. The minimum atomic E-state index is -0.365. The molecule has 0 bridgehead atoms. The Morgan fingerprint density at radius 3 is 2.85 bits per heavy atom. The van der Waals surface area contributed by atoms with E-state index in [-0.39, 0.29) is 17.3 Å². The topological polar surface area (TPSA) is 54.7 Å². The van der Waals surface area contributed by atoms with E-state index in [1.807, 2.05) is 45.4 Å². The van der Waals surface area contributed by atoms with Crippen LogP contribution in [-0.4, -0.2) is 53.9 Å². The number of guanidine groups is 1. The molecule has 0 amide bonds. The summed E-state index contributed by atoms with van der Waals surface area (Å²) in [6.07, 6.45) is 3.78. The second-order valence-corrected chi connectivity index (χ2v) is 7.52. The average Bonchev–Trinajstić information content (AvgIpc) is 3.09. The van der Waals surface area contributed by atoms with Crippen LogP contribution in [0.4, 0.5) is 4.39 Å². The second kappa shape index (κ2) is 8.08. The minimum Gasteiger partial charge on any atom is -0.370 e. The van der Waals surface area contributed by atoms with Crippen LogP contribution in [-0.2, 0) is 17.2 Å². The highest BCUT2D eigenvalue weighted by Gasteiger charge is 2.28. The molecular weight excluding hydrogens is 345 g/mol. The van der Waals surface area contributed by atoms with Gasteiger partial charge in [-0.2, -0.15) is 5.10 Å². The molecule has 1 aliphatic rings. The van der Waals surface area contributed by atoms with E-state index in [0.29, 0.717) is 25.3 Å². The lowest BCUT2D eigenvalue weighted by Crippen LogP contribution is -2.50. The monoisotopic (exact) mass is 373 g/mol. The van der Waals surface area contributed by atoms with Crippen molar-refractivity contribution in [3.8, 4) is 0 Å². The molecule has 0 spiro atoms. The Kier molecular flexibility index (Phi) is 5.79. The van der Waals surface area contributed by atoms with Crippen LogP contribution in [0.5, 0.6) is 0 Å². The Morgan fingerprint density at radius 2 is 2.19 bits per heavy atom. The Hall–Kier alpha value is -2.41. The molecular formula is C20H28FN5O. The molecule has 146 valence electrons. The summed E-state index contributed by atoms with van der Waals surface area (Å²) in [4.78, 5) is 6.60. The first-order valence-electron chi connectivity index (χ1n) is 9.21. The lowest BCUT2D eigenvalue weighted by molar-refractivity contribution is -0.00809. The van der Waals surface area contributed by atoms with Gasteiger partial charge in [-0.1, -0.05) is 32.0 Å². The van der Waals surface area contributed by atoms with Gasteiger partial charge in [-0.25, -0.2) is 4.39 Å². The van der Waals surface area contributed by atoms with Gasteiger partial charge in [0.2, 0.25) is 0 Å². The van der Waals surface area contributed by atoms with Crippen LogP contribution in [0.1, 0.15) is 31.1 Å². The SMILES string of the molecule is CN=C(NCC(C)(C)c1ccccc1F)N1CCOC(c2cnn(C)c2)C1. The summed E-state index contributed by atoms with van der Waals surface area (Å²) in [6, 6.07) is 6.93. The largest absolute Gasteiger partial charge is 0.370 e. The first-order chi connectivity index (χ1) is 12.9. The van der Waals surface area contributed by atoms with Crippen molar-refractivity contribution < 1.29 is 9.13 Å². The van der Waals surface area contributed by atoms with Crippen molar-refractivity contribution in [2.75, 3.05) is 33.3 Å². The van der Waals surface area contributed by atoms with Gasteiger partial charge in [0.1, 0.15) is 11.9 Å². The molecule has 2 heterocycles. The third-order valence-corrected chi connectivity index (χ3v) is 4.97. The molecule has 1 aromatic carbocycles. The number of rotatable bonds is 4. The third-order valence-electron chi connectivity index (χ3n) is 4.97. The molecule has 27 heavy (non-hydrogen) atoms. The number of hydrogen-bond donors (Lipinski definition) is 1. The number of nitrogens with zero attached hydrogens (tertiary/aromatic N) is 4. The summed E-state index contributed by atoms with van der Waals surface area (Å²) >= 11 is 0. The van der Waals surface area contributed by atoms with E-state index in [2.05, 4.69) is 20.3 Å². The van der Waals surface area contributed by atoms with E-state index in [1.165, 1.54) is 6.07 Å². The van der Waals surface area contributed by atoms with Gasteiger partial charge < -0.3 is 15.0 Å². The number of aliphatic imine (C=N–C) groups is 1. The molecule has 1 unspecified atom stereocenters. The number of halogens is 1. The fourth-order valence-electron chi connectivity index (χ4n) is 3.39. The highest BCUT2D eigenvalue weighted by atomic mass is 19.1. The quantitative estimate of drug-likeness (QED) is 0.661. The Labute approximate surface area is 160 Å². The van der Waals surface area contributed by atoms with Crippen molar-refractivity contribution >= 4 is 5.96 Å². The van der Waals surface area contributed by atoms with E-state index in [4.69, 9.17) is 4.74 Å². The van der Waals surface area contributed by atoms with Gasteiger partial charge in [-0.15, -0.1) is 0 Å². The number of morpholine rings is 1. The molecule has 3 rings (SSSR count). The highest BCUT2D eigenvalue weighted by molar-refractivity contribution is 5.80. The summed E-state index contributed by atoms with van der Waals surface area (Å²) in [5, 5.41) is 7.64. The number of aromatic nitrogens is 2. The molecule has 6 nitrogen and oxygen atoms in total. The molecule has 0 aliphatic carbocycles. The summed E-state index contributed by atoms with van der Waals surface area (Å²) in [5.74, 6) is 0.624. The minimum absolute atomic E-state index is 0.0365. The summed E-state index contributed by atoms with van der Waals surface area (Å²) < 4.78 is 21.9. The Balaban J connectivity index is 1.66. The fourth-order valence-corrected chi connectivity index (χ4v) is 3.39. The van der Waals surface area contributed by atoms with Gasteiger partial charge in [0, 0.05) is 44.4 Å². The van der Waals surface area contributed by atoms with Crippen LogP contribution in [0.2, 0.25) is 0 Å². The van der Waals surface area contributed by atoms with E-state index < -0.39 is 0 Å². The number of ether oxygens (including phenoxy) is 1. The van der Waals surface area contributed by atoms with Crippen molar-refractivity contribution in [3.63, 3.8) is 0 Å². The lowest BCUT2D eigenvalue weighted by Gasteiger charge is -2.36. The predicted octanol–water partition coefficient (Wildman–Crippen LogP) is 2.49. The molecule has 7 heteroatoms. The molecule has 0 radical (unpaired) electrons. The highest BCUT2D eigenvalue weighted by Crippen LogP contribution is 2.25. The number of aryl methyl sites for hydroxylation is 1. The Morgan fingerprint density at radius 1 is 1.41 bits per heavy atom. The van der Waals surface area contributed by atoms with Crippen molar-refractivity contribution in [2.24, 2.45) is 12.0 Å². The van der Waals surface area contributed by atoms with E-state index in [0.717, 1.165) is 18.1 Å². The molecule has 1 aromatic heterocycles. The van der Waals surface area contributed by atoms with Crippen LogP contribution in [0.25, 0.3) is 0 Å². The smallest absolute Gasteiger partial charge is 0.193 e. The fraction of sp³-hybridized carbons (Fsp3) is 0.500. The summed E-state index contributed by atoms with van der Waals surface area (Å²) in [7, 11) is 3.67. The molecule has 0 saturated carbocycles. The van der Waals surface area contributed by atoms with Crippen LogP contribution in [0, 0.1) is 5.82 Å². The van der Waals surface area contributed by atoms with E-state index in [1.54, 1.807) is 17.8 Å². The zero-order valence-corrected chi connectivity index (χ0v) is 16.4. The number of benzene rings is 1.